The second kappa shape index (κ2) is 9.11. The average molecular weight is 354 g/mol. The minimum absolute atomic E-state index is 0.334. The molecule has 0 atom stereocenters. The minimum atomic E-state index is -0.539. The number of rotatable bonds is 7. The Balaban J connectivity index is 2.03. The Morgan fingerprint density at radius 2 is 1.88 bits per heavy atom. The number of carbonyl (C=O) groups is 1. The molecule has 0 N–H and O–H groups in total. The van der Waals surface area contributed by atoms with E-state index in [0.29, 0.717) is 26.1 Å². The molecular formula is C20H26N4O2. The number of nitrogens with zero attached hydrogens (tertiary/aromatic N) is 4. The normalized spacial score (nSPS) is 11.0. The molecular weight excluding hydrogens is 328 g/mol. The molecule has 0 aliphatic carbocycles. The molecule has 1 amide bonds. The summed E-state index contributed by atoms with van der Waals surface area (Å²) in [5.41, 5.74) is 9.02. The molecule has 0 saturated heterocycles. The van der Waals surface area contributed by atoms with Crippen LogP contribution in [0.3, 0.4) is 0 Å². The summed E-state index contributed by atoms with van der Waals surface area (Å²) < 4.78 is 5.50. The lowest BCUT2D eigenvalue weighted by Crippen LogP contribution is -2.38. The summed E-state index contributed by atoms with van der Waals surface area (Å²) in [6, 6.07) is 14.6. The third kappa shape index (κ3) is 6.30. The van der Waals surface area contributed by atoms with Gasteiger partial charge in [0, 0.05) is 24.5 Å². The van der Waals surface area contributed by atoms with Gasteiger partial charge >= 0.3 is 6.09 Å². The quantitative estimate of drug-likeness (QED) is 0.292. The monoisotopic (exact) mass is 354 g/mol. The van der Waals surface area contributed by atoms with Crippen LogP contribution in [0.1, 0.15) is 32.8 Å². The van der Waals surface area contributed by atoms with E-state index >= 15 is 0 Å². The first-order valence-electron chi connectivity index (χ1n) is 8.85. The third-order valence-corrected chi connectivity index (χ3v) is 3.89. The number of fused-ring (bicyclic) bond motifs is 1. The predicted molar refractivity (Wildman–Crippen MR) is 104 cm³/mol. The Labute approximate surface area is 154 Å². The van der Waals surface area contributed by atoms with Crippen LogP contribution in [0.15, 0.2) is 47.6 Å². The molecule has 6 nitrogen and oxygen atoms in total. The van der Waals surface area contributed by atoms with Crippen LogP contribution in [0.4, 0.5) is 4.79 Å². The van der Waals surface area contributed by atoms with Gasteiger partial charge in [-0.05, 0) is 55.5 Å². The van der Waals surface area contributed by atoms with E-state index in [4.69, 9.17) is 10.3 Å². The maximum atomic E-state index is 12.5. The van der Waals surface area contributed by atoms with Crippen molar-refractivity contribution < 1.29 is 9.53 Å². The highest BCUT2D eigenvalue weighted by Gasteiger charge is 2.21. The molecule has 0 radical (unpaired) electrons. The summed E-state index contributed by atoms with van der Waals surface area (Å²) in [6.45, 7) is 6.99. The van der Waals surface area contributed by atoms with Crippen LogP contribution in [0.2, 0.25) is 0 Å². The molecule has 2 aromatic carbocycles. The Hall–Kier alpha value is -2.72. The first-order chi connectivity index (χ1) is 12.4. The maximum absolute atomic E-state index is 12.5. The van der Waals surface area contributed by atoms with Gasteiger partial charge in [-0.25, -0.2) is 4.79 Å². The number of hydrogen-bond donors (Lipinski definition) is 0. The van der Waals surface area contributed by atoms with Crippen molar-refractivity contribution in [3.63, 3.8) is 0 Å². The van der Waals surface area contributed by atoms with Crippen LogP contribution < -0.4 is 0 Å². The van der Waals surface area contributed by atoms with Gasteiger partial charge in [-0.15, -0.1) is 0 Å². The summed E-state index contributed by atoms with van der Waals surface area (Å²) in [5.74, 6) is 0. The van der Waals surface area contributed by atoms with Crippen molar-refractivity contribution in [1.29, 1.82) is 0 Å². The van der Waals surface area contributed by atoms with E-state index in [9.17, 15) is 4.79 Å². The Kier molecular flexibility index (Phi) is 6.87. The summed E-state index contributed by atoms with van der Waals surface area (Å²) >= 11 is 0. The molecule has 138 valence electrons. The minimum Gasteiger partial charge on any atom is -0.444 e. The van der Waals surface area contributed by atoms with Gasteiger partial charge in [-0.1, -0.05) is 47.6 Å². The fourth-order valence-electron chi connectivity index (χ4n) is 2.66. The van der Waals surface area contributed by atoms with Crippen molar-refractivity contribution >= 4 is 16.9 Å². The Morgan fingerprint density at radius 3 is 2.58 bits per heavy atom. The lowest BCUT2D eigenvalue weighted by atomic mass is 10.1. The van der Waals surface area contributed by atoms with Gasteiger partial charge in [0.2, 0.25) is 0 Å². The molecule has 0 bridgehead atoms. The standard InChI is InChI=1S/C20H26N4O2/c1-20(2,3)26-19(25)24(13-6-12-22-23-21)14-11-16-9-10-17-7-4-5-8-18(17)15-16/h4-5,7-10,15H,6,11-14H2,1-3H3. The van der Waals surface area contributed by atoms with Crippen LogP contribution in [-0.4, -0.2) is 36.2 Å². The Morgan fingerprint density at radius 1 is 1.15 bits per heavy atom. The Bertz CT molecular complexity index is 792. The number of ether oxygens (including phenoxy) is 1. The molecule has 2 rings (SSSR count). The lowest BCUT2D eigenvalue weighted by Gasteiger charge is -2.27. The summed E-state index contributed by atoms with van der Waals surface area (Å²) in [5, 5.41) is 5.93. The first kappa shape index (κ1) is 19.6. The molecule has 0 fully saturated rings. The van der Waals surface area contributed by atoms with Gasteiger partial charge < -0.3 is 9.64 Å². The molecule has 6 heteroatoms. The lowest BCUT2D eigenvalue weighted by molar-refractivity contribution is 0.0251. The summed E-state index contributed by atoms with van der Waals surface area (Å²) in [4.78, 5) is 16.9. The topological polar surface area (TPSA) is 78.3 Å². The molecule has 26 heavy (non-hydrogen) atoms. The van der Waals surface area contributed by atoms with Crippen LogP contribution in [0, 0.1) is 0 Å². The number of carbonyl (C=O) groups excluding carboxylic acids is 1. The third-order valence-electron chi connectivity index (χ3n) is 3.89. The molecule has 0 aliphatic heterocycles. The molecule has 0 unspecified atom stereocenters. The van der Waals surface area contributed by atoms with Gasteiger partial charge in [-0.2, -0.15) is 0 Å². The van der Waals surface area contributed by atoms with Crippen LogP contribution in [0.5, 0.6) is 0 Å². The van der Waals surface area contributed by atoms with Gasteiger partial charge in [0.1, 0.15) is 5.60 Å². The maximum Gasteiger partial charge on any atom is 0.410 e. The number of hydrogen-bond acceptors (Lipinski definition) is 3. The first-order valence-corrected chi connectivity index (χ1v) is 8.85. The van der Waals surface area contributed by atoms with Crippen LogP contribution >= 0.6 is 0 Å². The molecule has 0 saturated carbocycles. The SMILES string of the molecule is CC(C)(C)OC(=O)N(CCCN=[N+]=[N-])CCc1ccc2ccccc2c1. The number of benzene rings is 2. The fourth-order valence-corrected chi connectivity index (χ4v) is 2.66. The van der Waals surface area contributed by atoms with E-state index in [1.165, 1.54) is 16.3 Å². The largest absolute Gasteiger partial charge is 0.444 e. The molecule has 0 aliphatic rings. The smallest absolute Gasteiger partial charge is 0.410 e. The van der Waals surface area contributed by atoms with Gasteiger partial charge in [0.05, 0.1) is 0 Å². The zero-order valence-corrected chi connectivity index (χ0v) is 15.7. The van der Waals surface area contributed by atoms with Gasteiger partial charge in [0.15, 0.2) is 0 Å². The van der Waals surface area contributed by atoms with Crippen molar-refractivity contribution in [2.45, 2.75) is 39.2 Å². The number of amides is 1. The van der Waals surface area contributed by atoms with Crippen LogP contribution in [0.25, 0.3) is 21.2 Å². The second-order valence-electron chi connectivity index (χ2n) is 7.21. The van der Waals surface area contributed by atoms with E-state index in [0.717, 1.165) is 6.42 Å². The predicted octanol–water partition coefficient (Wildman–Crippen LogP) is 5.32. The van der Waals surface area contributed by atoms with E-state index in [-0.39, 0.29) is 6.09 Å². The van der Waals surface area contributed by atoms with E-state index in [1.807, 2.05) is 32.9 Å². The zero-order chi connectivity index (χ0) is 19.0. The van der Waals surface area contributed by atoms with Crippen LogP contribution in [-0.2, 0) is 11.2 Å². The highest BCUT2D eigenvalue weighted by atomic mass is 16.6. The highest BCUT2D eigenvalue weighted by molar-refractivity contribution is 5.83. The van der Waals surface area contributed by atoms with E-state index < -0.39 is 5.60 Å². The average Bonchev–Trinajstić information content (AvgIpc) is 2.59. The van der Waals surface area contributed by atoms with Crippen molar-refractivity contribution in [2.75, 3.05) is 19.6 Å². The molecule has 0 aromatic heterocycles. The van der Waals surface area contributed by atoms with Gasteiger partial charge in [-0.3, -0.25) is 0 Å². The van der Waals surface area contributed by atoms with E-state index in [2.05, 4.69) is 40.4 Å². The fraction of sp³-hybridized carbons (Fsp3) is 0.450. The zero-order valence-electron chi connectivity index (χ0n) is 15.7. The molecule has 0 spiro atoms. The summed E-state index contributed by atoms with van der Waals surface area (Å²) in [7, 11) is 0. The molecule has 2 aromatic rings. The highest BCUT2D eigenvalue weighted by Crippen LogP contribution is 2.17. The van der Waals surface area contributed by atoms with E-state index in [1.54, 1.807) is 4.90 Å². The second-order valence-corrected chi connectivity index (χ2v) is 7.21. The van der Waals surface area contributed by atoms with Crippen molar-refractivity contribution in [3.05, 3.63) is 58.5 Å². The van der Waals surface area contributed by atoms with Gasteiger partial charge in [0.25, 0.3) is 0 Å². The number of azide groups is 1. The molecule has 0 heterocycles. The van der Waals surface area contributed by atoms with Crippen molar-refractivity contribution in [3.8, 4) is 0 Å². The summed E-state index contributed by atoms with van der Waals surface area (Å²) in [6.07, 6.45) is 1.02. The van der Waals surface area contributed by atoms with Crippen molar-refractivity contribution in [1.82, 2.24) is 4.90 Å². The van der Waals surface area contributed by atoms with Crippen molar-refractivity contribution in [2.24, 2.45) is 5.11 Å².